The van der Waals surface area contributed by atoms with Gasteiger partial charge in [0.2, 0.25) is 0 Å². The lowest BCUT2D eigenvalue weighted by Crippen LogP contribution is -2.34. The molecule has 0 atom stereocenters. The lowest BCUT2D eigenvalue weighted by atomic mass is 10.0. The molecular weight excluding hydrogens is 896 g/mol. The van der Waals surface area contributed by atoms with E-state index in [1.54, 1.807) is 67.9 Å². The molecule has 4 heterocycles. The predicted octanol–water partition coefficient (Wildman–Crippen LogP) is 12.9. The lowest BCUT2D eigenvalue weighted by molar-refractivity contribution is 0.00557. The van der Waals surface area contributed by atoms with Gasteiger partial charge < -0.3 is 38.7 Å². The zero-order chi connectivity index (χ0) is 50.8. The first-order valence-electron chi connectivity index (χ1n) is 22.7. The lowest BCUT2D eigenvalue weighted by Gasteiger charge is -2.24. The highest BCUT2D eigenvalue weighted by atomic mass is 35.5. The first-order valence-corrected chi connectivity index (χ1v) is 23.0. The zero-order valence-corrected chi connectivity index (χ0v) is 42.8. The molecule has 0 fully saturated rings. The van der Waals surface area contributed by atoms with Gasteiger partial charge in [-0.2, -0.15) is 0 Å². The van der Waals surface area contributed by atoms with Crippen molar-refractivity contribution in [2.45, 2.75) is 119 Å². The van der Waals surface area contributed by atoms with Crippen LogP contribution in [0.15, 0.2) is 79.1 Å². The van der Waals surface area contributed by atoms with Gasteiger partial charge in [-0.1, -0.05) is 72.3 Å². The number of carbonyl (C=O) groups is 4. The van der Waals surface area contributed by atoms with Gasteiger partial charge in [0.15, 0.2) is 0 Å². The largest absolute Gasteiger partial charge is 0.456 e. The third-order valence-corrected chi connectivity index (χ3v) is 10.3. The minimum absolute atomic E-state index is 0.0896. The smallest absolute Gasteiger partial charge is 0.410 e. The van der Waals surface area contributed by atoms with Crippen molar-refractivity contribution in [3.8, 4) is 0 Å². The highest BCUT2D eigenvalue weighted by Crippen LogP contribution is 2.34. The summed E-state index contributed by atoms with van der Waals surface area (Å²) in [5, 5.41) is 5.34. The average Bonchev–Trinajstić information content (AvgIpc) is 3.79. The van der Waals surface area contributed by atoms with Crippen LogP contribution in [0.4, 0.5) is 9.59 Å². The summed E-state index contributed by atoms with van der Waals surface area (Å²) in [6, 6.07) is 21.4. The molecule has 364 valence electrons. The van der Waals surface area contributed by atoms with Crippen LogP contribution >= 0.6 is 11.6 Å². The number of pyridine rings is 2. The molecule has 0 spiro atoms. The van der Waals surface area contributed by atoms with E-state index >= 15 is 0 Å². The number of carbonyl (C=O) groups excluding carboxylic acids is 4. The minimum atomic E-state index is -0.684. The van der Waals surface area contributed by atoms with Gasteiger partial charge in [0.1, 0.15) is 27.6 Å². The average molecular weight is 960 g/mol. The number of H-pyrrole nitrogens is 2. The van der Waals surface area contributed by atoms with Gasteiger partial charge in [0.05, 0.1) is 46.6 Å². The van der Waals surface area contributed by atoms with Crippen LogP contribution in [0.1, 0.15) is 126 Å². The van der Waals surface area contributed by atoms with E-state index in [1.165, 1.54) is 9.80 Å². The van der Waals surface area contributed by atoms with E-state index < -0.39 is 46.5 Å². The van der Waals surface area contributed by atoms with Crippen LogP contribution in [0.3, 0.4) is 0 Å². The van der Waals surface area contributed by atoms with E-state index in [4.69, 9.17) is 40.5 Å². The van der Waals surface area contributed by atoms with E-state index in [2.05, 4.69) is 9.97 Å². The van der Waals surface area contributed by atoms with Crippen molar-refractivity contribution < 1.29 is 38.1 Å². The van der Waals surface area contributed by atoms with Crippen molar-refractivity contribution in [2.75, 3.05) is 14.1 Å². The molecule has 69 heavy (non-hydrogen) atoms. The molecule has 0 aliphatic carbocycles. The van der Waals surface area contributed by atoms with Crippen LogP contribution in [-0.2, 0) is 32.0 Å². The Bertz CT molecular complexity index is 3070. The molecule has 7 aromatic rings. The number of amides is 2. The normalized spacial score (nSPS) is 12.3. The van der Waals surface area contributed by atoms with Crippen molar-refractivity contribution >= 4 is 91.2 Å². The highest BCUT2D eigenvalue weighted by molar-refractivity contribution is 6.30. The standard InChI is InChI=1S/C31H35N3O4.C23H28ClN3O4/c1-30(2,3)37-28(35)26-23-16-14-21-18-32-22(15-13-20-11-9-8-10-12-20)17-24(21)27(23)33-25(26)19-34(7)29(36)38-31(4,5)6;1-22(2,3)30-20(28)18-14-9-8-13-11-25-17(24)10-15(13)19(14)26-16(18)12-27(7)21(29)31-23(4,5)6/h8-18,32H,19H2,1-7H3;8-11,25H,12H2,1-7H3/b15-13+;. The minimum Gasteiger partial charge on any atom is -0.456 e. The molecule has 4 aromatic heterocycles. The third-order valence-electron chi connectivity index (χ3n) is 10.1. The number of esters is 2. The molecule has 14 nitrogen and oxygen atoms in total. The number of ether oxygens (including phenoxy) is 4. The molecule has 15 heteroatoms. The quantitative estimate of drug-likeness (QED) is 0.0849. The van der Waals surface area contributed by atoms with Gasteiger partial charge in [-0.15, -0.1) is 0 Å². The topological polar surface area (TPSA) is 169 Å². The summed E-state index contributed by atoms with van der Waals surface area (Å²) in [5.74, 6) is -0.964. The zero-order valence-electron chi connectivity index (χ0n) is 42.0. The molecular formula is C54H63ClN6O8. The molecule has 0 radical (unpaired) electrons. The van der Waals surface area contributed by atoms with Gasteiger partial charge in [-0.3, -0.25) is 0 Å². The molecule has 2 amide bonds. The number of rotatable bonds is 8. The molecule has 3 aromatic carbocycles. The van der Waals surface area contributed by atoms with Gasteiger partial charge in [-0.25, -0.2) is 29.1 Å². The van der Waals surface area contributed by atoms with Crippen LogP contribution in [-0.4, -0.2) is 90.4 Å². The molecule has 0 saturated carbocycles. The number of halogens is 1. The molecule has 7 rings (SSSR count). The molecule has 0 aliphatic rings. The Labute approximate surface area is 408 Å². The Hall–Kier alpha value is -6.93. The van der Waals surface area contributed by atoms with Crippen molar-refractivity contribution in [2.24, 2.45) is 0 Å². The second-order valence-corrected chi connectivity index (χ2v) is 21.3. The first kappa shape index (κ1) is 51.5. The van der Waals surface area contributed by atoms with Gasteiger partial charge in [0, 0.05) is 59.1 Å². The molecule has 0 bridgehead atoms. The Morgan fingerprint density at radius 3 is 1.41 bits per heavy atom. The van der Waals surface area contributed by atoms with Gasteiger partial charge >= 0.3 is 24.1 Å². The fourth-order valence-corrected chi connectivity index (χ4v) is 7.42. The number of hydrogen-bond acceptors (Lipinski definition) is 10. The van der Waals surface area contributed by atoms with E-state index in [0.29, 0.717) is 49.5 Å². The van der Waals surface area contributed by atoms with Crippen LogP contribution in [0.25, 0.3) is 55.5 Å². The second-order valence-electron chi connectivity index (χ2n) is 20.9. The fraction of sp³-hybridized carbons (Fsp3) is 0.370. The van der Waals surface area contributed by atoms with Crippen LogP contribution in [0, 0.1) is 0 Å². The summed E-state index contributed by atoms with van der Waals surface area (Å²) < 4.78 is 22.3. The number of benzene rings is 3. The summed E-state index contributed by atoms with van der Waals surface area (Å²) in [6.07, 6.45) is 6.75. The fourth-order valence-electron chi connectivity index (χ4n) is 7.26. The van der Waals surface area contributed by atoms with Crippen LogP contribution in [0.2, 0.25) is 5.15 Å². The molecule has 0 aliphatic heterocycles. The summed E-state index contributed by atoms with van der Waals surface area (Å²) >= 11 is 6.16. The van der Waals surface area contributed by atoms with Crippen molar-refractivity contribution in [1.29, 1.82) is 0 Å². The van der Waals surface area contributed by atoms with Crippen LogP contribution in [0.5, 0.6) is 0 Å². The van der Waals surface area contributed by atoms with Gasteiger partial charge in [-0.05, 0) is 112 Å². The number of fused-ring (bicyclic) bond motifs is 6. The van der Waals surface area contributed by atoms with Gasteiger partial charge in [0.25, 0.3) is 0 Å². The summed E-state index contributed by atoms with van der Waals surface area (Å²) in [5.41, 5.74) is 2.26. The van der Waals surface area contributed by atoms with E-state index in [-0.39, 0.29) is 13.1 Å². The third kappa shape index (κ3) is 13.4. The second kappa shape index (κ2) is 20.0. The van der Waals surface area contributed by atoms with Crippen molar-refractivity contribution in [1.82, 2.24) is 29.7 Å². The Balaban J connectivity index is 0.000000232. The van der Waals surface area contributed by atoms with Crippen molar-refractivity contribution in [3.05, 3.63) is 118 Å². The summed E-state index contributed by atoms with van der Waals surface area (Å²) in [6.45, 7) is 21.9. The SMILES string of the molecule is CN(Cc1nc2c(ccc3c[nH]c(/C=C/c4ccccc4)cc32)c1C(=O)OC(C)(C)C)C(=O)OC(C)(C)C.CN(Cc1nc2c(ccc3c[nH]c(Cl)cc32)c1C(=O)OC(C)(C)C)C(=O)OC(C)(C)C. The van der Waals surface area contributed by atoms with E-state index in [9.17, 15) is 19.2 Å². The van der Waals surface area contributed by atoms with E-state index in [1.807, 2.05) is 121 Å². The Morgan fingerprint density at radius 1 is 0.551 bits per heavy atom. The first-order chi connectivity index (χ1) is 32.1. The van der Waals surface area contributed by atoms with Crippen molar-refractivity contribution in [3.63, 3.8) is 0 Å². The Morgan fingerprint density at radius 2 is 0.971 bits per heavy atom. The Kier molecular flexibility index (Phi) is 14.9. The number of nitrogens with one attached hydrogen (secondary N) is 2. The van der Waals surface area contributed by atoms with E-state index in [0.717, 1.165) is 32.8 Å². The number of hydrogen-bond donors (Lipinski definition) is 2. The molecule has 0 saturated heterocycles. The highest BCUT2D eigenvalue weighted by Gasteiger charge is 2.30. The maximum atomic E-state index is 13.4. The summed E-state index contributed by atoms with van der Waals surface area (Å²) in [4.78, 5) is 70.4. The number of nitrogens with zero attached hydrogens (tertiary/aromatic N) is 4. The molecule has 2 N–H and O–H groups in total. The number of aromatic nitrogens is 4. The van der Waals surface area contributed by atoms with Crippen LogP contribution < -0.4 is 0 Å². The maximum Gasteiger partial charge on any atom is 0.410 e. The number of aromatic amines is 2. The summed E-state index contributed by atoms with van der Waals surface area (Å²) in [7, 11) is 3.24. The predicted molar refractivity (Wildman–Crippen MR) is 273 cm³/mol. The maximum absolute atomic E-state index is 13.4. The monoisotopic (exact) mass is 958 g/mol. The molecule has 0 unspecified atom stereocenters.